The first-order valence-electron chi connectivity index (χ1n) is 13.0. The van der Waals surface area contributed by atoms with Crippen LogP contribution in [0.25, 0.3) is 17.2 Å². The lowest BCUT2D eigenvalue weighted by atomic mass is 9.77. The molecule has 0 aromatic heterocycles. The molecule has 2 aliphatic rings. The molecule has 39 heavy (non-hydrogen) atoms. The van der Waals surface area contributed by atoms with Crippen molar-refractivity contribution in [2.24, 2.45) is 0 Å². The van der Waals surface area contributed by atoms with Gasteiger partial charge < -0.3 is 24.5 Å². The lowest BCUT2D eigenvalue weighted by Crippen LogP contribution is -2.41. The van der Waals surface area contributed by atoms with Gasteiger partial charge >= 0.3 is 19.2 Å². The first-order valence-corrected chi connectivity index (χ1v) is 13.0. The van der Waals surface area contributed by atoms with E-state index in [4.69, 9.17) is 14.0 Å². The van der Waals surface area contributed by atoms with Gasteiger partial charge in [-0.1, -0.05) is 66.7 Å². The Morgan fingerprint density at radius 1 is 0.923 bits per heavy atom. The summed E-state index contributed by atoms with van der Waals surface area (Å²) in [6, 6.07) is 22.9. The molecule has 3 aromatic carbocycles. The summed E-state index contributed by atoms with van der Waals surface area (Å²) in [4.78, 5) is 24.3. The molecule has 0 atom stereocenters. The third kappa shape index (κ3) is 5.35. The fourth-order valence-electron chi connectivity index (χ4n) is 5.00. The Morgan fingerprint density at radius 3 is 2.10 bits per heavy atom. The molecule has 5 rings (SSSR count). The minimum atomic E-state index is -1.01. The van der Waals surface area contributed by atoms with Gasteiger partial charge in [0.15, 0.2) is 0 Å². The van der Waals surface area contributed by atoms with Gasteiger partial charge in [-0.3, -0.25) is 0 Å². The number of carbonyl (C=O) groups excluding carboxylic acids is 1. The van der Waals surface area contributed by atoms with E-state index >= 15 is 0 Å². The number of rotatable bonds is 7. The van der Waals surface area contributed by atoms with Crippen LogP contribution in [0.4, 0.5) is 4.79 Å². The Kier molecular flexibility index (Phi) is 7.10. The van der Waals surface area contributed by atoms with Crippen molar-refractivity contribution in [3.8, 4) is 11.1 Å². The summed E-state index contributed by atoms with van der Waals surface area (Å²) < 4.78 is 18.2. The molecule has 0 bridgehead atoms. The highest BCUT2D eigenvalue weighted by atomic mass is 16.7. The molecule has 1 fully saturated rings. The standard InChI is InChI=1S/C31H32BNO6/c1-30(2)31(3,4)39-32(38-30)22(17-20-10-9-11-21(16-20)28(34)35)18-33-29(36)37-19-27-25-14-7-5-12-23(25)24-13-6-8-15-26(24)27/h5-17,27H,18-19H2,1-4H3,(H,33,36)(H,34,35). The number of nitrogens with one attached hydrogen (secondary N) is 1. The van der Waals surface area contributed by atoms with Crippen LogP contribution in [-0.4, -0.2) is 48.6 Å². The summed E-state index contributed by atoms with van der Waals surface area (Å²) in [7, 11) is -0.725. The van der Waals surface area contributed by atoms with Crippen molar-refractivity contribution in [3.63, 3.8) is 0 Å². The van der Waals surface area contributed by atoms with Crippen LogP contribution in [0.15, 0.2) is 78.3 Å². The minimum absolute atomic E-state index is 0.0416. The Hall–Kier alpha value is -3.88. The lowest BCUT2D eigenvalue weighted by Gasteiger charge is -2.32. The maximum Gasteiger partial charge on any atom is 0.492 e. The van der Waals surface area contributed by atoms with E-state index in [-0.39, 0.29) is 24.6 Å². The summed E-state index contributed by atoms with van der Waals surface area (Å²) in [5.41, 5.74) is 4.92. The highest BCUT2D eigenvalue weighted by Gasteiger charge is 2.52. The molecule has 2 N–H and O–H groups in total. The second-order valence-electron chi connectivity index (χ2n) is 10.9. The number of carbonyl (C=O) groups is 2. The van der Waals surface area contributed by atoms with Gasteiger partial charge in [-0.2, -0.15) is 0 Å². The Balaban J connectivity index is 1.31. The van der Waals surface area contributed by atoms with Crippen LogP contribution in [0.5, 0.6) is 0 Å². The van der Waals surface area contributed by atoms with Gasteiger partial charge in [0, 0.05) is 12.5 Å². The molecular weight excluding hydrogens is 493 g/mol. The van der Waals surface area contributed by atoms with Crippen LogP contribution in [-0.2, 0) is 14.0 Å². The number of ether oxygens (including phenoxy) is 1. The molecule has 0 spiro atoms. The van der Waals surface area contributed by atoms with E-state index in [9.17, 15) is 14.7 Å². The number of hydrogen-bond acceptors (Lipinski definition) is 5. The predicted octanol–water partition coefficient (Wildman–Crippen LogP) is 5.94. The Labute approximate surface area is 228 Å². The second kappa shape index (κ2) is 10.4. The zero-order chi connectivity index (χ0) is 27.8. The largest absolute Gasteiger partial charge is 0.492 e. The van der Waals surface area contributed by atoms with Crippen LogP contribution >= 0.6 is 0 Å². The van der Waals surface area contributed by atoms with Crippen LogP contribution in [0.1, 0.15) is 60.7 Å². The molecule has 1 amide bonds. The van der Waals surface area contributed by atoms with Crippen molar-refractivity contribution in [2.45, 2.75) is 44.8 Å². The SMILES string of the molecule is CC1(C)OB(C(=Cc2cccc(C(=O)O)c2)CNC(=O)OCC2c3ccccc3-c3ccccc32)OC1(C)C. The summed E-state index contributed by atoms with van der Waals surface area (Å²) >= 11 is 0. The number of amides is 1. The van der Waals surface area contributed by atoms with E-state index in [0.29, 0.717) is 11.0 Å². The highest BCUT2D eigenvalue weighted by molar-refractivity contribution is 6.56. The Morgan fingerprint density at radius 2 is 1.51 bits per heavy atom. The average molecular weight is 525 g/mol. The molecule has 0 radical (unpaired) electrons. The number of carboxylic acids is 1. The quantitative estimate of drug-likeness (QED) is 0.371. The summed E-state index contributed by atoms with van der Waals surface area (Å²) in [6.45, 7) is 8.12. The van der Waals surface area contributed by atoms with Crippen molar-refractivity contribution < 1.29 is 28.7 Å². The third-order valence-corrected chi connectivity index (χ3v) is 7.82. The van der Waals surface area contributed by atoms with Crippen molar-refractivity contribution in [2.75, 3.05) is 13.2 Å². The molecule has 0 unspecified atom stereocenters. The van der Waals surface area contributed by atoms with Gasteiger partial charge in [0.25, 0.3) is 0 Å². The van der Waals surface area contributed by atoms with Gasteiger partial charge in [-0.15, -0.1) is 0 Å². The highest BCUT2D eigenvalue weighted by Crippen LogP contribution is 2.44. The smallest absolute Gasteiger partial charge is 0.478 e. The molecule has 1 heterocycles. The van der Waals surface area contributed by atoms with Crippen LogP contribution in [0.2, 0.25) is 0 Å². The molecule has 8 heteroatoms. The van der Waals surface area contributed by atoms with E-state index in [2.05, 4.69) is 29.6 Å². The van der Waals surface area contributed by atoms with E-state index in [1.807, 2.05) is 52.0 Å². The molecule has 0 saturated carbocycles. The molecule has 200 valence electrons. The predicted molar refractivity (Wildman–Crippen MR) is 151 cm³/mol. The van der Waals surface area contributed by atoms with Crippen molar-refractivity contribution in [3.05, 3.63) is 101 Å². The number of carboxylic acid groups (broad SMARTS) is 1. The van der Waals surface area contributed by atoms with E-state index in [1.54, 1.807) is 24.3 Å². The number of hydrogen-bond donors (Lipinski definition) is 2. The minimum Gasteiger partial charge on any atom is -0.478 e. The van der Waals surface area contributed by atoms with E-state index in [1.165, 1.54) is 6.07 Å². The average Bonchev–Trinajstić information content (AvgIpc) is 3.34. The van der Waals surface area contributed by atoms with Crippen molar-refractivity contribution >= 4 is 25.3 Å². The van der Waals surface area contributed by atoms with Crippen LogP contribution < -0.4 is 5.32 Å². The molecule has 1 aliphatic heterocycles. The van der Waals surface area contributed by atoms with Crippen LogP contribution in [0, 0.1) is 0 Å². The first kappa shape index (κ1) is 26.7. The van der Waals surface area contributed by atoms with Gasteiger partial charge in [-0.05, 0) is 73.1 Å². The molecule has 7 nitrogen and oxygen atoms in total. The topological polar surface area (TPSA) is 94.1 Å². The molecule has 1 aliphatic carbocycles. The lowest BCUT2D eigenvalue weighted by molar-refractivity contribution is 0.00578. The maximum absolute atomic E-state index is 12.9. The van der Waals surface area contributed by atoms with Crippen molar-refractivity contribution in [1.29, 1.82) is 0 Å². The molecule has 3 aromatic rings. The van der Waals surface area contributed by atoms with Crippen LogP contribution in [0.3, 0.4) is 0 Å². The van der Waals surface area contributed by atoms with E-state index < -0.39 is 30.4 Å². The van der Waals surface area contributed by atoms with Gasteiger partial charge in [0.05, 0.1) is 16.8 Å². The summed E-state index contributed by atoms with van der Waals surface area (Å²) in [5.74, 6) is -1.06. The fourth-order valence-corrected chi connectivity index (χ4v) is 5.00. The fraction of sp³-hybridized carbons (Fsp3) is 0.290. The number of fused-ring (bicyclic) bond motifs is 3. The van der Waals surface area contributed by atoms with Gasteiger partial charge in [0.1, 0.15) is 6.61 Å². The number of aromatic carboxylic acids is 1. The monoisotopic (exact) mass is 525 g/mol. The van der Waals surface area contributed by atoms with Crippen molar-refractivity contribution in [1.82, 2.24) is 5.32 Å². The number of benzene rings is 3. The summed E-state index contributed by atoms with van der Waals surface area (Å²) in [6.07, 6.45) is 1.23. The van der Waals surface area contributed by atoms with Gasteiger partial charge in [0.2, 0.25) is 0 Å². The zero-order valence-electron chi connectivity index (χ0n) is 22.6. The summed E-state index contributed by atoms with van der Waals surface area (Å²) in [5, 5.41) is 12.2. The molecular formula is C31H32BNO6. The molecule has 1 saturated heterocycles. The zero-order valence-corrected chi connectivity index (χ0v) is 22.6. The second-order valence-corrected chi connectivity index (χ2v) is 10.9. The third-order valence-electron chi connectivity index (χ3n) is 7.82. The Bertz CT molecular complexity index is 1380. The van der Waals surface area contributed by atoms with Gasteiger partial charge in [-0.25, -0.2) is 9.59 Å². The normalized spacial score (nSPS) is 17.4. The maximum atomic E-state index is 12.9. The number of alkyl carbamates (subject to hydrolysis) is 1. The van der Waals surface area contributed by atoms with E-state index in [0.717, 1.165) is 22.3 Å². The first-order chi connectivity index (χ1) is 18.6.